The lowest BCUT2D eigenvalue weighted by Crippen LogP contribution is -2.55. The van der Waals surface area contributed by atoms with Gasteiger partial charge in [-0.3, -0.25) is 4.79 Å². The number of nitrogens with zero attached hydrogens (tertiary/aromatic N) is 1. The van der Waals surface area contributed by atoms with Crippen molar-refractivity contribution in [3.63, 3.8) is 0 Å². The van der Waals surface area contributed by atoms with E-state index in [1.54, 1.807) is 6.26 Å². The van der Waals surface area contributed by atoms with Crippen molar-refractivity contribution in [1.29, 1.82) is 0 Å². The number of carbonyl (C=O) groups is 2. The third kappa shape index (κ3) is 4.17. The van der Waals surface area contributed by atoms with Crippen LogP contribution in [0.3, 0.4) is 0 Å². The van der Waals surface area contributed by atoms with Gasteiger partial charge in [0.05, 0.1) is 30.9 Å². The fourth-order valence-corrected chi connectivity index (χ4v) is 4.15. The van der Waals surface area contributed by atoms with Crippen LogP contribution in [0.5, 0.6) is 0 Å². The first-order chi connectivity index (χ1) is 12.1. The maximum Gasteiger partial charge on any atom is 0.318 e. The van der Waals surface area contributed by atoms with Crippen molar-refractivity contribution in [3.8, 4) is 0 Å². The second-order valence-electron chi connectivity index (χ2n) is 7.12. The molecule has 2 amide bonds. The van der Waals surface area contributed by atoms with Crippen LogP contribution in [-0.4, -0.2) is 35.6 Å². The summed E-state index contributed by atoms with van der Waals surface area (Å²) in [5.41, 5.74) is -0.474. The summed E-state index contributed by atoms with van der Waals surface area (Å²) >= 11 is 0. The summed E-state index contributed by atoms with van der Waals surface area (Å²) in [6.07, 6.45) is 8.64. The van der Waals surface area contributed by atoms with Gasteiger partial charge in [-0.15, -0.1) is 0 Å². The SMILES string of the molecule is CCOC(=O)CC1(NC(=O)N2CCC[C@H]2c2ccco2)CCCCC1. The summed E-state index contributed by atoms with van der Waals surface area (Å²) in [6.45, 7) is 2.89. The highest BCUT2D eigenvalue weighted by Gasteiger charge is 2.40. The Labute approximate surface area is 148 Å². The third-order valence-corrected chi connectivity index (χ3v) is 5.36. The number of hydrogen-bond donors (Lipinski definition) is 1. The molecule has 6 heteroatoms. The third-order valence-electron chi connectivity index (χ3n) is 5.36. The van der Waals surface area contributed by atoms with Gasteiger partial charge in [0.25, 0.3) is 0 Å². The van der Waals surface area contributed by atoms with Crippen LogP contribution >= 0.6 is 0 Å². The van der Waals surface area contributed by atoms with Crippen LogP contribution in [-0.2, 0) is 9.53 Å². The van der Waals surface area contributed by atoms with Crippen LogP contribution in [0.2, 0.25) is 0 Å². The average molecular weight is 348 g/mol. The Bertz CT molecular complexity index is 578. The Morgan fingerprint density at radius 2 is 2.12 bits per heavy atom. The molecule has 1 atom stereocenters. The van der Waals surface area contributed by atoms with E-state index in [0.29, 0.717) is 13.2 Å². The molecule has 0 bridgehead atoms. The average Bonchev–Trinajstić information content (AvgIpc) is 3.27. The molecule has 0 unspecified atom stereocenters. The summed E-state index contributed by atoms with van der Waals surface area (Å²) in [5, 5.41) is 3.20. The van der Waals surface area contributed by atoms with Crippen molar-refractivity contribution in [2.45, 2.75) is 69.9 Å². The highest BCUT2D eigenvalue weighted by atomic mass is 16.5. The predicted octanol–water partition coefficient (Wildman–Crippen LogP) is 3.78. The van der Waals surface area contributed by atoms with Crippen LogP contribution in [0.1, 0.15) is 70.1 Å². The molecule has 2 heterocycles. The van der Waals surface area contributed by atoms with Gasteiger partial charge >= 0.3 is 12.0 Å². The molecule has 1 aromatic rings. The van der Waals surface area contributed by atoms with Gasteiger partial charge in [0, 0.05) is 6.54 Å². The van der Waals surface area contributed by atoms with Gasteiger partial charge in [0.1, 0.15) is 5.76 Å². The molecule has 1 aliphatic carbocycles. The number of urea groups is 1. The maximum atomic E-state index is 13.0. The van der Waals surface area contributed by atoms with Crippen molar-refractivity contribution in [2.75, 3.05) is 13.2 Å². The molecule has 2 fully saturated rings. The first-order valence-electron chi connectivity index (χ1n) is 9.41. The van der Waals surface area contributed by atoms with Crippen molar-refractivity contribution in [2.24, 2.45) is 0 Å². The summed E-state index contributed by atoms with van der Waals surface area (Å²) < 4.78 is 10.7. The Morgan fingerprint density at radius 1 is 1.32 bits per heavy atom. The normalized spacial score (nSPS) is 22.6. The topological polar surface area (TPSA) is 71.8 Å². The summed E-state index contributed by atoms with van der Waals surface area (Å²) in [5.74, 6) is 0.601. The highest BCUT2D eigenvalue weighted by Crippen LogP contribution is 2.35. The quantitative estimate of drug-likeness (QED) is 0.822. The summed E-state index contributed by atoms with van der Waals surface area (Å²) in [7, 11) is 0. The fourth-order valence-electron chi connectivity index (χ4n) is 4.15. The Morgan fingerprint density at radius 3 is 2.80 bits per heavy atom. The zero-order valence-corrected chi connectivity index (χ0v) is 15.0. The smallest absolute Gasteiger partial charge is 0.318 e. The van der Waals surface area contributed by atoms with Crippen LogP contribution in [0.15, 0.2) is 22.8 Å². The van der Waals surface area contributed by atoms with Gasteiger partial charge in [-0.1, -0.05) is 19.3 Å². The summed E-state index contributed by atoms with van der Waals surface area (Å²) in [6, 6.07) is 3.67. The Hall–Kier alpha value is -1.98. The van der Waals surface area contributed by atoms with Gasteiger partial charge < -0.3 is 19.4 Å². The van der Waals surface area contributed by atoms with Crippen LogP contribution in [0.25, 0.3) is 0 Å². The molecule has 0 aromatic carbocycles. The monoisotopic (exact) mass is 348 g/mol. The van der Waals surface area contributed by atoms with Crippen LogP contribution < -0.4 is 5.32 Å². The number of amides is 2. The molecular weight excluding hydrogens is 320 g/mol. The van der Waals surface area contributed by atoms with E-state index in [0.717, 1.165) is 50.7 Å². The molecule has 1 saturated heterocycles. The number of nitrogens with one attached hydrogen (secondary N) is 1. The zero-order valence-electron chi connectivity index (χ0n) is 15.0. The van der Waals surface area contributed by atoms with Crippen molar-refractivity contribution in [1.82, 2.24) is 10.2 Å². The number of rotatable bonds is 5. The summed E-state index contributed by atoms with van der Waals surface area (Å²) in [4.78, 5) is 26.9. The predicted molar refractivity (Wildman–Crippen MR) is 93.0 cm³/mol. The number of carbonyl (C=O) groups excluding carboxylic acids is 2. The molecule has 0 radical (unpaired) electrons. The lowest BCUT2D eigenvalue weighted by atomic mass is 9.79. The van der Waals surface area contributed by atoms with Crippen LogP contribution in [0.4, 0.5) is 4.79 Å². The number of esters is 1. The molecule has 1 aliphatic heterocycles. The number of likely N-dealkylation sites (tertiary alicyclic amines) is 1. The molecule has 0 spiro atoms. The van der Waals surface area contributed by atoms with E-state index in [1.807, 2.05) is 24.0 Å². The molecule has 3 rings (SSSR count). The Kier molecular flexibility index (Phi) is 5.66. The fraction of sp³-hybridized carbons (Fsp3) is 0.684. The van der Waals surface area contributed by atoms with Gasteiger partial charge in [-0.05, 0) is 44.7 Å². The van der Waals surface area contributed by atoms with E-state index in [4.69, 9.17) is 9.15 Å². The first-order valence-corrected chi connectivity index (χ1v) is 9.41. The molecule has 1 N–H and O–H groups in total. The van der Waals surface area contributed by atoms with Crippen LogP contribution in [0, 0.1) is 0 Å². The van der Waals surface area contributed by atoms with E-state index < -0.39 is 5.54 Å². The highest BCUT2D eigenvalue weighted by molar-refractivity contribution is 5.78. The number of furan rings is 1. The number of ether oxygens (including phenoxy) is 1. The van der Waals surface area contributed by atoms with E-state index >= 15 is 0 Å². The second kappa shape index (κ2) is 7.93. The van der Waals surface area contributed by atoms with Crippen molar-refractivity contribution < 1.29 is 18.7 Å². The van der Waals surface area contributed by atoms with Crippen molar-refractivity contribution in [3.05, 3.63) is 24.2 Å². The standard InChI is InChI=1S/C19H28N2O4/c1-2-24-17(22)14-19(10-4-3-5-11-19)20-18(23)21-12-6-8-15(21)16-9-7-13-25-16/h7,9,13,15H,2-6,8,10-12,14H2,1H3,(H,20,23)/t15-/m0/s1. The van der Waals surface area contributed by atoms with Gasteiger partial charge in [-0.2, -0.15) is 0 Å². The Balaban J connectivity index is 1.70. The molecule has 2 aliphatic rings. The maximum absolute atomic E-state index is 13.0. The molecule has 1 saturated carbocycles. The molecule has 25 heavy (non-hydrogen) atoms. The molecular formula is C19H28N2O4. The lowest BCUT2D eigenvalue weighted by molar-refractivity contribution is -0.145. The first kappa shape index (κ1) is 17.8. The minimum absolute atomic E-state index is 0.0155. The van der Waals surface area contributed by atoms with Gasteiger partial charge in [-0.25, -0.2) is 4.79 Å². The largest absolute Gasteiger partial charge is 0.467 e. The zero-order chi connectivity index (χ0) is 17.7. The van der Waals surface area contributed by atoms with E-state index in [1.165, 1.54) is 0 Å². The van der Waals surface area contributed by atoms with E-state index in [-0.39, 0.29) is 24.5 Å². The molecule has 138 valence electrons. The van der Waals surface area contributed by atoms with Gasteiger partial charge in [0.15, 0.2) is 0 Å². The van der Waals surface area contributed by atoms with E-state index in [9.17, 15) is 9.59 Å². The second-order valence-corrected chi connectivity index (χ2v) is 7.12. The molecule has 6 nitrogen and oxygen atoms in total. The number of hydrogen-bond acceptors (Lipinski definition) is 4. The minimum Gasteiger partial charge on any atom is -0.467 e. The lowest BCUT2D eigenvalue weighted by Gasteiger charge is -2.39. The van der Waals surface area contributed by atoms with Crippen molar-refractivity contribution >= 4 is 12.0 Å². The molecule has 1 aromatic heterocycles. The van der Waals surface area contributed by atoms with E-state index in [2.05, 4.69) is 5.32 Å². The van der Waals surface area contributed by atoms with Gasteiger partial charge in [0.2, 0.25) is 0 Å². The minimum atomic E-state index is -0.474.